The smallest absolute Gasteiger partial charge is 0.106 e. The molecule has 2 heteroatoms. The Morgan fingerprint density at radius 3 is 2.33 bits per heavy atom. The molecule has 0 saturated heterocycles. The molecule has 2 nitrogen and oxygen atoms in total. The van der Waals surface area contributed by atoms with E-state index in [1.54, 1.807) is 6.92 Å². The van der Waals surface area contributed by atoms with Gasteiger partial charge >= 0.3 is 0 Å². The predicted octanol–water partition coefficient (Wildman–Crippen LogP) is 0.843. The van der Waals surface area contributed by atoms with E-state index in [0.29, 0.717) is 5.71 Å². The molecule has 0 atom stereocenters. The van der Waals surface area contributed by atoms with Gasteiger partial charge in [0, 0.05) is 0 Å². The first-order chi connectivity index (χ1) is 2.77. The van der Waals surface area contributed by atoms with E-state index in [0.717, 1.165) is 0 Å². The zero-order valence-electron chi connectivity index (χ0n) is 4.06. The van der Waals surface area contributed by atoms with Gasteiger partial charge < -0.3 is 4.84 Å². The van der Waals surface area contributed by atoms with E-state index < -0.39 is 0 Å². The van der Waals surface area contributed by atoms with Crippen LogP contribution in [0, 0.1) is 6.92 Å². The summed E-state index contributed by atoms with van der Waals surface area (Å²) in [5, 5.41) is 3.43. The van der Waals surface area contributed by atoms with Gasteiger partial charge in [0.25, 0.3) is 0 Å². The minimum Gasteiger partial charge on any atom is -0.399 e. The van der Waals surface area contributed by atoms with Crippen molar-refractivity contribution in [2.75, 3.05) is 7.11 Å². The fraction of sp³-hybridized carbons (Fsp3) is 0.500. The molecule has 1 radical (unpaired) electrons. The fourth-order valence-corrected chi connectivity index (χ4v) is 0.156. The summed E-state index contributed by atoms with van der Waals surface area (Å²) in [7, 11) is 1.49. The van der Waals surface area contributed by atoms with Crippen LogP contribution in [0.5, 0.6) is 0 Å². The first-order valence-corrected chi connectivity index (χ1v) is 1.67. The second-order valence-corrected chi connectivity index (χ2v) is 1.01. The van der Waals surface area contributed by atoms with E-state index in [9.17, 15) is 0 Å². The van der Waals surface area contributed by atoms with E-state index in [-0.39, 0.29) is 0 Å². The Labute approximate surface area is 37.8 Å². The molecular weight excluding hydrogens is 78.0 g/mol. The van der Waals surface area contributed by atoms with Crippen LogP contribution in [-0.2, 0) is 4.84 Å². The average molecular weight is 86.1 g/mol. The largest absolute Gasteiger partial charge is 0.399 e. The standard InChI is InChI=1S/C4H8NO/c1-4(2)5-6-3/h1H2,2-3H3. The summed E-state index contributed by atoms with van der Waals surface area (Å²) in [4.78, 5) is 4.33. The summed E-state index contributed by atoms with van der Waals surface area (Å²) in [6, 6.07) is 0. The fourth-order valence-electron chi connectivity index (χ4n) is 0.156. The molecular formula is C4H8NO. The highest BCUT2D eigenvalue weighted by molar-refractivity contribution is 5.85. The van der Waals surface area contributed by atoms with Gasteiger partial charge in [-0.3, -0.25) is 0 Å². The van der Waals surface area contributed by atoms with Crippen molar-refractivity contribution in [3.63, 3.8) is 0 Å². The highest BCUT2D eigenvalue weighted by Crippen LogP contribution is 1.70. The van der Waals surface area contributed by atoms with Crippen molar-refractivity contribution in [1.82, 2.24) is 0 Å². The Bertz CT molecular complexity index is 54.6. The summed E-state index contributed by atoms with van der Waals surface area (Å²) in [6.07, 6.45) is 0. The lowest BCUT2D eigenvalue weighted by Gasteiger charge is -1.83. The van der Waals surface area contributed by atoms with Crippen molar-refractivity contribution in [3.8, 4) is 0 Å². The molecule has 0 unspecified atom stereocenters. The van der Waals surface area contributed by atoms with Gasteiger partial charge in [0.2, 0.25) is 0 Å². The van der Waals surface area contributed by atoms with Crippen LogP contribution in [0.4, 0.5) is 0 Å². The minimum atomic E-state index is 0.692. The third-order valence-electron chi connectivity index (χ3n) is 0.247. The third kappa shape index (κ3) is 3.47. The molecule has 0 N–H and O–H groups in total. The average Bonchev–Trinajstić information content (AvgIpc) is 1.35. The molecule has 0 aromatic heterocycles. The highest BCUT2D eigenvalue weighted by atomic mass is 16.6. The molecule has 0 bridgehead atoms. The Morgan fingerprint density at radius 2 is 2.33 bits per heavy atom. The maximum atomic E-state index is 4.33. The lowest BCUT2D eigenvalue weighted by Crippen LogP contribution is -1.79. The van der Waals surface area contributed by atoms with Crippen molar-refractivity contribution in [2.24, 2.45) is 5.16 Å². The van der Waals surface area contributed by atoms with E-state index in [1.807, 2.05) is 0 Å². The maximum Gasteiger partial charge on any atom is 0.106 e. The van der Waals surface area contributed by atoms with Gasteiger partial charge in [-0.25, -0.2) is 0 Å². The van der Waals surface area contributed by atoms with Gasteiger partial charge in [-0.15, -0.1) is 0 Å². The molecule has 0 aliphatic carbocycles. The molecule has 0 aromatic rings. The van der Waals surface area contributed by atoms with Gasteiger partial charge in [-0.2, -0.15) is 0 Å². The van der Waals surface area contributed by atoms with E-state index in [4.69, 9.17) is 0 Å². The Balaban J connectivity index is 3.14. The second kappa shape index (κ2) is 2.69. The second-order valence-electron chi connectivity index (χ2n) is 1.01. The molecule has 35 valence electrons. The molecule has 0 spiro atoms. The first-order valence-electron chi connectivity index (χ1n) is 1.67. The van der Waals surface area contributed by atoms with Crippen molar-refractivity contribution >= 4 is 5.71 Å². The topological polar surface area (TPSA) is 21.6 Å². The Hall–Kier alpha value is -0.530. The van der Waals surface area contributed by atoms with Crippen molar-refractivity contribution in [3.05, 3.63) is 6.92 Å². The molecule has 0 fully saturated rings. The summed E-state index contributed by atoms with van der Waals surface area (Å²) < 4.78 is 0. The number of hydrogen-bond acceptors (Lipinski definition) is 2. The molecule has 0 amide bonds. The lowest BCUT2D eigenvalue weighted by atomic mass is 10.5. The van der Waals surface area contributed by atoms with Crippen LogP contribution in [0.15, 0.2) is 5.16 Å². The molecule has 0 aliphatic heterocycles. The minimum absolute atomic E-state index is 0.692. The number of nitrogens with zero attached hydrogens (tertiary/aromatic N) is 1. The summed E-state index contributed by atoms with van der Waals surface area (Å²) >= 11 is 0. The third-order valence-corrected chi connectivity index (χ3v) is 0.247. The van der Waals surface area contributed by atoms with Crippen molar-refractivity contribution in [2.45, 2.75) is 6.92 Å². The SMILES string of the molecule is [CH2]C(C)=NOC. The molecule has 0 rings (SSSR count). The Kier molecular flexibility index (Phi) is 2.46. The van der Waals surface area contributed by atoms with Crippen LogP contribution in [0.1, 0.15) is 6.92 Å². The van der Waals surface area contributed by atoms with Crippen LogP contribution >= 0.6 is 0 Å². The van der Waals surface area contributed by atoms with Crippen LogP contribution in [0.3, 0.4) is 0 Å². The Morgan fingerprint density at radius 1 is 1.83 bits per heavy atom. The molecule has 0 heterocycles. The van der Waals surface area contributed by atoms with Gasteiger partial charge in [0.15, 0.2) is 0 Å². The van der Waals surface area contributed by atoms with Gasteiger partial charge in [0.1, 0.15) is 7.11 Å². The van der Waals surface area contributed by atoms with Gasteiger partial charge in [0.05, 0.1) is 5.71 Å². The number of oxime groups is 1. The summed E-state index contributed by atoms with van der Waals surface area (Å²) in [6.45, 7) is 5.22. The van der Waals surface area contributed by atoms with Crippen LogP contribution < -0.4 is 0 Å². The monoisotopic (exact) mass is 86.1 g/mol. The molecule has 6 heavy (non-hydrogen) atoms. The van der Waals surface area contributed by atoms with Crippen LogP contribution in [0.25, 0.3) is 0 Å². The summed E-state index contributed by atoms with van der Waals surface area (Å²) in [5.41, 5.74) is 0.692. The van der Waals surface area contributed by atoms with Gasteiger partial charge in [-0.05, 0) is 13.8 Å². The number of hydrogen-bond donors (Lipinski definition) is 0. The maximum absolute atomic E-state index is 4.33. The number of rotatable bonds is 1. The van der Waals surface area contributed by atoms with Crippen molar-refractivity contribution in [1.29, 1.82) is 0 Å². The lowest BCUT2D eigenvalue weighted by molar-refractivity contribution is 0.213. The van der Waals surface area contributed by atoms with Crippen molar-refractivity contribution < 1.29 is 4.84 Å². The summed E-state index contributed by atoms with van der Waals surface area (Å²) in [5.74, 6) is 0. The zero-order valence-corrected chi connectivity index (χ0v) is 4.06. The predicted molar refractivity (Wildman–Crippen MR) is 25.5 cm³/mol. The van der Waals surface area contributed by atoms with Crippen LogP contribution in [0.2, 0.25) is 0 Å². The van der Waals surface area contributed by atoms with Gasteiger partial charge in [-0.1, -0.05) is 5.16 Å². The molecule has 0 aromatic carbocycles. The molecule has 0 aliphatic rings. The molecule has 0 saturated carbocycles. The highest BCUT2D eigenvalue weighted by Gasteiger charge is 1.69. The quantitative estimate of drug-likeness (QED) is 0.342. The first kappa shape index (κ1) is 5.47. The zero-order chi connectivity index (χ0) is 4.99. The van der Waals surface area contributed by atoms with E-state index in [2.05, 4.69) is 16.9 Å². The van der Waals surface area contributed by atoms with Crippen LogP contribution in [-0.4, -0.2) is 12.8 Å². The van der Waals surface area contributed by atoms with E-state index >= 15 is 0 Å². The normalized spacial score (nSPS) is 11.5. The van der Waals surface area contributed by atoms with E-state index in [1.165, 1.54) is 7.11 Å².